The maximum Gasteiger partial charge on any atom is 0.256 e. The van der Waals surface area contributed by atoms with Crippen LogP contribution in [-0.4, -0.2) is 72.1 Å². The van der Waals surface area contributed by atoms with Gasteiger partial charge in [-0.3, -0.25) is 19.3 Å². The van der Waals surface area contributed by atoms with E-state index in [1.54, 1.807) is 24.3 Å². The number of piperidine rings is 1. The van der Waals surface area contributed by atoms with Crippen LogP contribution in [0.2, 0.25) is 0 Å². The summed E-state index contributed by atoms with van der Waals surface area (Å²) in [5, 5.41) is 2.94. The van der Waals surface area contributed by atoms with Crippen molar-refractivity contribution in [3.05, 3.63) is 65.2 Å². The van der Waals surface area contributed by atoms with E-state index in [0.29, 0.717) is 17.4 Å². The Kier molecular flexibility index (Phi) is 7.77. The third kappa shape index (κ3) is 5.29. The number of hydrogen-bond acceptors (Lipinski definition) is 5. The quantitative estimate of drug-likeness (QED) is 0.638. The zero-order valence-electron chi connectivity index (χ0n) is 21.1. The number of hydrogen-bond donors (Lipinski definition) is 1. The molecule has 10 heteroatoms. The molecule has 4 rings (SSSR count). The highest BCUT2D eigenvalue weighted by molar-refractivity contribution is 5.99. The van der Waals surface area contributed by atoms with Crippen molar-refractivity contribution in [1.29, 1.82) is 0 Å². The van der Waals surface area contributed by atoms with Crippen LogP contribution >= 0.6 is 0 Å². The van der Waals surface area contributed by atoms with E-state index in [1.165, 1.54) is 16.9 Å². The number of likely N-dealkylation sites (tertiary alicyclic amines) is 1. The maximum atomic E-state index is 14.2. The third-order valence-electron chi connectivity index (χ3n) is 7.11. The van der Waals surface area contributed by atoms with Crippen molar-refractivity contribution in [2.75, 3.05) is 26.8 Å². The second-order valence-corrected chi connectivity index (χ2v) is 9.41. The lowest BCUT2D eigenvalue weighted by atomic mass is 9.96. The Morgan fingerprint density at radius 3 is 2.38 bits per heavy atom. The van der Waals surface area contributed by atoms with Gasteiger partial charge in [0.2, 0.25) is 5.91 Å². The first-order valence-electron chi connectivity index (χ1n) is 12.4. The predicted molar refractivity (Wildman–Crippen MR) is 131 cm³/mol. The molecule has 8 nitrogen and oxygen atoms in total. The molecule has 2 aliphatic heterocycles. The summed E-state index contributed by atoms with van der Waals surface area (Å²) < 4.78 is 38.9. The normalized spacial score (nSPS) is 19.5. The molecule has 37 heavy (non-hydrogen) atoms. The van der Waals surface area contributed by atoms with Crippen molar-refractivity contribution in [3.8, 4) is 5.75 Å². The first-order valence-corrected chi connectivity index (χ1v) is 12.4. The molecule has 2 atom stereocenters. The van der Waals surface area contributed by atoms with Gasteiger partial charge in [-0.1, -0.05) is 6.92 Å². The number of nitrogens with zero attached hydrogens (tertiary/aromatic N) is 2. The zero-order chi connectivity index (χ0) is 26.7. The Hall–Kier alpha value is -3.53. The van der Waals surface area contributed by atoms with Gasteiger partial charge in [0.05, 0.1) is 19.3 Å². The zero-order valence-corrected chi connectivity index (χ0v) is 21.1. The molecule has 2 fully saturated rings. The van der Waals surface area contributed by atoms with E-state index in [0.717, 1.165) is 18.6 Å². The first kappa shape index (κ1) is 26.5. The lowest BCUT2D eigenvalue weighted by Crippen LogP contribution is -2.60. The number of amides is 3. The number of methoxy groups -OCH3 is 1. The van der Waals surface area contributed by atoms with E-state index in [4.69, 9.17) is 9.47 Å². The van der Waals surface area contributed by atoms with E-state index in [9.17, 15) is 23.2 Å². The number of rotatable bonds is 6. The fraction of sp³-hybridized carbons (Fsp3) is 0.444. The van der Waals surface area contributed by atoms with Crippen molar-refractivity contribution in [3.63, 3.8) is 0 Å². The number of nitrogens with one attached hydrogen (secondary N) is 1. The lowest BCUT2D eigenvalue weighted by molar-refractivity contribution is -0.128. The number of carbonyl (C=O) groups excluding carboxylic acids is 3. The van der Waals surface area contributed by atoms with E-state index in [-0.39, 0.29) is 56.0 Å². The van der Waals surface area contributed by atoms with Gasteiger partial charge in [-0.2, -0.15) is 0 Å². The molecule has 2 heterocycles. The van der Waals surface area contributed by atoms with Crippen molar-refractivity contribution < 1.29 is 32.6 Å². The molecule has 1 spiro atoms. The van der Waals surface area contributed by atoms with Gasteiger partial charge in [0.25, 0.3) is 11.8 Å². The first-order chi connectivity index (χ1) is 17.7. The van der Waals surface area contributed by atoms with E-state index < -0.39 is 29.3 Å². The molecule has 198 valence electrons. The fourth-order valence-corrected chi connectivity index (χ4v) is 4.77. The van der Waals surface area contributed by atoms with Crippen LogP contribution in [0.1, 0.15) is 53.8 Å². The highest BCUT2D eigenvalue weighted by Crippen LogP contribution is 2.39. The summed E-state index contributed by atoms with van der Waals surface area (Å²) in [4.78, 5) is 42.8. The summed E-state index contributed by atoms with van der Waals surface area (Å²) in [5.41, 5.74) is -0.951. The molecule has 0 radical (unpaired) electrons. The van der Waals surface area contributed by atoms with Gasteiger partial charge in [0.1, 0.15) is 29.2 Å². The van der Waals surface area contributed by atoms with Crippen LogP contribution in [-0.2, 0) is 9.53 Å². The smallest absolute Gasteiger partial charge is 0.256 e. The number of halogens is 2. The second kappa shape index (κ2) is 10.8. The predicted octanol–water partition coefficient (Wildman–Crippen LogP) is 3.36. The van der Waals surface area contributed by atoms with Crippen LogP contribution in [0, 0.1) is 11.6 Å². The Morgan fingerprint density at radius 1 is 1.11 bits per heavy atom. The van der Waals surface area contributed by atoms with Crippen molar-refractivity contribution in [2.45, 2.75) is 50.9 Å². The molecule has 1 N–H and O–H groups in total. The molecule has 3 amide bonds. The summed E-state index contributed by atoms with van der Waals surface area (Å²) in [6, 6.07) is 8.52. The average Bonchev–Trinajstić information content (AvgIpc) is 3.26. The minimum atomic E-state index is -1.10. The van der Waals surface area contributed by atoms with Gasteiger partial charge in [0, 0.05) is 43.6 Å². The molecule has 2 saturated heterocycles. The lowest BCUT2D eigenvalue weighted by Gasteiger charge is -2.44. The molecule has 2 aromatic carbocycles. The van der Waals surface area contributed by atoms with Crippen LogP contribution in [0.3, 0.4) is 0 Å². The minimum Gasteiger partial charge on any atom is -0.497 e. The van der Waals surface area contributed by atoms with Crippen molar-refractivity contribution in [1.82, 2.24) is 15.1 Å². The summed E-state index contributed by atoms with van der Waals surface area (Å²) in [5.74, 6) is -2.34. The minimum absolute atomic E-state index is 0.0186. The third-order valence-corrected chi connectivity index (χ3v) is 7.11. The van der Waals surface area contributed by atoms with Crippen LogP contribution in [0.15, 0.2) is 42.5 Å². The molecule has 0 bridgehead atoms. The van der Waals surface area contributed by atoms with Crippen LogP contribution < -0.4 is 10.1 Å². The molecular weight excluding hydrogens is 484 g/mol. The number of carbonyl (C=O) groups is 3. The summed E-state index contributed by atoms with van der Waals surface area (Å²) >= 11 is 0. The average molecular weight is 516 g/mol. The maximum absolute atomic E-state index is 14.2. The standard InChI is InChI=1S/C27H31F2N3O5/c1-4-17(2)30-24(33)23-16-37-27(32(23)25(34)18-5-8-20(36-3)9-6-18)11-13-31(14-12-27)26(35)21-10-7-19(28)15-22(21)29/h5-10,15,17,23H,4,11-14,16H2,1-3H3,(H,30,33). The largest absolute Gasteiger partial charge is 0.497 e. The van der Waals surface area contributed by atoms with Gasteiger partial charge in [0.15, 0.2) is 0 Å². The van der Waals surface area contributed by atoms with Crippen LogP contribution in [0.25, 0.3) is 0 Å². The number of ether oxygens (including phenoxy) is 2. The van der Waals surface area contributed by atoms with Gasteiger partial charge >= 0.3 is 0 Å². The molecule has 0 aromatic heterocycles. The van der Waals surface area contributed by atoms with Crippen LogP contribution in [0.4, 0.5) is 8.78 Å². The monoisotopic (exact) mass is 515 g/mol. The fourth-order valence-electron chi connectivity index (χ4n) is 4.77. The highest BCUT2D eigenvalue weighted by Gasteiger charge is 2.54. The molecule has 2 unspecified atom stereocenters. The Bertz CT molecular complexity index is 1170. The molecular formula is C27H31F2N3O5. The van der Waals surface area contributed by atoms with Gasteiger partial charge in [-0.25, -0.2) is 8.78 Å². The summed E-state index contributed by atoms with van der Waals surface area (Å²) in [7, 11) is 1.53. The summed E-state index contributed by atoms with van der Waals surface area (Å²) in [6.07, 6.45) is 1.20. The SMILES string of the molecule is CCC(C)NC(=O)C1COC2(CCN(C(=O)c3ccc(F)cc3F)CC2)N1C(=O)c1ccc(OC)cc1. The summed E-state index contributed by atoms with van der Waals surface area (Å²) in [6.45, 7) is 4.19. The van der Waals surface area contributed by atoms with E-state index in [2.05, 4.69) is 5.32 Å². The highest BCUT2D eigenvalue weighted by atomic mass is 19.1. The van der Waals surface area contributed by atoms with Gasteiger partial charge in [-0.15, -0.1) is 0 Å². The van der Waals surface area contributed by atoms with E-state index >= 15 is 0 Å². The van der Waals surface area contributed by atoms with Crippen LogP contribution in [0.5, 0.6) is 5.75 Å². The van der Waals surface area contributed by atoms with Gasteiger partial charge < -0.3 is 19.7 Å². The molecule has 0 saturated carbocycles. The molecule has 2 aromatic rings. The van der Waals surface area contributed by atoms with Crippen molar-refractivity contribution in [2.24, 2.45) is 0 Å². The Labute approximate surface area is 214 Å². The van der Waals surface area contributed by atoms with Gasteiger partial charge in [-0.05, 0) is 49.7 Å². The molecule has 0 aliphatic carbocycles. The molecule has 2 aliphatic rings. The van der Waals surface area contributed by atoms with E-state index in [1.807, 2.05) is 13.8 Å². The Balaban J connectivity index is 1.58. The topological polar surface area (TPSA) is 88.2 Å². The van der Waals surface area contributed by atoms with Crippen molar-refractivity contribution >= 4 is 17.7 Å². The number of benzene rings is 2. The Morgan fingerprint density at radius 2 is 1.78 bits per heavy atom. The second-order valence-electron chi connectivity index (χ2n) is 9.41.